The lowest BCUT2D eigenvalue weighted by molar-refractivity contribution is -0.117. The van der Waals surface area contributed by atoms with E-state index in [2.05, 4.69) is 17.4 Å². The highest BCUT2D eigenvalue weighted by atomic mass is 32.2. The van der Waals surface area contributed by atoms with E-state index in [0.29, 0.717) is 22.3 Å². The fourth-order valence-corrected chi connectivity index (χ4v) is 4.08. The lowest BCUT2D eigenvalue weighted by atomic mass is 9.87. The number of benzene rings is 2. The van der Waals surface area contributed by atoms with Gasteiger partial charge in [0.2, 0.25) is 5.91 Å². The molecule has 0 aromatic heterocycles. The summed E-state index contributed by atoms with van der Waals surface area (Å²) >= 11 is 0.443. The summed E-state index contributed by atoms with van der Waals surface area (Å²) in [5.41, 5.74) is 3.05. The Morgan fingerprint density at radius 2 is 1.96 bits per heavy atom. The van der Waals surface area contributed by atoms with Crippen molar-refractivity contribution in [1.29, 1.82) is 0 Å². The number of thioether (sulfide) groups is 1. The molecule has 0 bridgehead atoms. The van der Waals surface area contributed by atoms with Crippen LogP contribution in [0.3, 0.4) is 0 Å². The molecule has 3 nitrogen and oxygen atoms in total. The number of para-hydroxylation sites is 1. The molecule has 1 atom stereocenters. The van der Waals surface area contributed by atoms with Crippen molar-refractivity contribution in [1.82, 2.24) is 4.90 Å². The predicted molar refractivity (Wildman–Crippen MR) is 102 cm³/mol. The first-order valence-corrected chi connectivity index (χ1v) is 9.54. The SMILES string of the molecule is CN(CC(=O)Nc1ccccc1SC(F)F)[C@@H]1CCCc2ccccc21. The minimum absolute atomic E-state index is 0.196. The van der Waals surface area contributed by atoms with Gasteiger partial charge < -0.3 is 5.32 Å². The van der Waals surface area contributed by atoms with E-state index in [4.69, 9.17) is 0 Å². The summed E-state index contributed by atoms with van der Waals surface area (Å²) < 4.78 is 25.3. The summed E-state index contributed by atoms with van der Waals surface area (Å²) in [6.45, 7) is 0.215. The second-order valence-corrected chi connectivity index (χ2v) is 7.48. The third-order valence-corrected chi connectivity index (χ3v) is 5.43. The zero-order chi connectivity index (χ0) is 18.5. The van der Waals surface area contributed by atoms with Gasteiger partial charge in [0.1, 0.15) is 0 Å². The van der Waals surface area contributed by atoms with Gasteiger partial charge in [-0.2, -0.15) is 8.78 Å². The van der Waals surface area contributed by atoms with Crippen LogP contribution in [-0.2, 0) is 11.2 Å². The molecule has 138 valence electrons. The van der Waals surface area contributed by atoms with Gasteiger partial charge in [0.05, 0.1) is 12.2 Å². The van der Waals surface area contributed by atoms with Crippen molar-refractivity contribution >= 4 is 23.4 Å². The Bertz CT molecular complexity index is 769. The number of halogens is 2. The third-order valence-electron chi connectivity index (χ3n) is 4.64. The summed E-state index contributed by atoms with van der Waals surface area (Å²) in [5.74, 6) is -2.72. The first-order chi connectivity index (χ1) is 12.5. The minimum atomic E-state index is -2.52. The highest BCUT2D eigenvalue weighted by molar-refractivity contribution is 7.99. The first kappa shape index (κ1) is 18.9. The zero-order valence-corrected chi connectivity index (χ0v) is 15.4. The van der Waals surface area contributed by atoms with Crippen LogP contribution in [0.15, 0.2) is 53.4 Å². The van der Waals surface area contributed by atoms with Crippen LogP contribution in [0.1, 0.15) is 30.0 Å². The molecule has 0 heterocycles. The van der Waals surface area contributed by atoms with Crippen LogP contribution in [0.2, 0.25) is 0 Å². The van der Waals surface area contributed by atoms with Gasteiger partial charge in [0, 0.05) is 10.9 Å². The van der Waals surface area contributed by atoms with Gasteiger partial charge in [-0.15, -0.1) is 0 Å². The second-order valence-electron chi connectivity index (χ2n) is 6.44. The maximum atomic E-state index is 12.7. The monoisotopic (exact) mass is 376 g/mol. The predicted octanol–water partition coefficient (Wildman–Crippen LogP) is 4.95. The molecule has 2 aromatic rings. The van der Waals surface area contributed by atoms with E-state index in [-0.39, 0.29) is 18.5 Å². The Kier molecular flexibility index (Phi) is 6.27. The van der Waals surface area contributed by atoms with Crippen LogP contribution in [0, 0.1) is 0 Å². The van der Waals surface area contributed by atoms with Gasteiger partial charge in [0.25, 0.3) is 5.76 Å². The Balaban J connectivity index is 1.66. The Labute approximate surface area is 156 Å². The number of aryl methyl sites for hydroxylation is 1. The molecule has 0 spiro atoms. The van der Waals surface area contributed by atoms with Crippen molar-refractivity contribution in [3.8, 4) is 0 Å². The van der Waals surface area contributed by atoms with E-state index in [1.807, 2.05) is 24.1 Å². The van der Waals surface area contributed by atoms with E-state index < -0.39 is 5.76 Å². The summed E-state index contributed by atoms with van der Waals surface area (Å²) in [4.78, 5) is 14.9. The molecule has 1 aliphatic carbocycles. The topological polar surface area (TPSA) is 32.3 Å². The molecule has 1 aliphatic rings. The number of rotatable bonds is 6. The number of carbonyl (C=O) groups excluding carboxylic acids is 1. The van der Waals surface area contributed by atoms with Gasteiger partial charge in [-0.1, -0.05) is 48.2 Å². The molecule has 0 fully saturated rings. The number of fused-ring (bicyclic) bond motifs is 1. The normalized spacial score (nSPS) is 16.6. The number of carbonyl (C=O) groups is 1. The first-order valence-electron chi connectivity index (χ1n) is 8.66. The Morgan fingerprint density at radius 3 is 2.77 bits per heavy atom. The lowest BCUT2D eigenvalue weighted by Crippen LogP contribution is -2.35. The van der Waals surface area contributed by atoms with Crippen LogP contribution in [-0.4, -0.2) is 30.2 Å². The Hall–Kier alpha value is -1.92. The average Bonchev–Trinajstić information content (AvgIpc) is 2.62. The molecule has 2 aromatic carbocycles. The lowest BCUT2D eigenvalue weighted by Gasteiger charge is -2.32. The molecule has 0 radical (unpaired) electrons. The zero-order valence-electron chi connectivity index (χ0n) is 14.6. The number of likely N-dealkylation sites (N-methyl/N-ethyl adjacent to an activating group) is 1. The van der Waals surface area contributed by atoms with Crippen LogP contribution >= 0.6 is 11.8 Å². The third kappa shape index (κ3) is 4.62. The molecule has 1 N–H and O–H groups in total. The van der Waals surface area contributed by atoms with Crippen molar-refractivity contribution in [2.75, 3.05) is 18.9 Å². The molecule has 0 aliphatic heterocycles. The molecule has 0 saturated carbocycles. The van der Waals surface area contributed by atoms with Crippen LogP contribution in [0.4, 0.5) is 14.5 Å². The van der Waals surface area contributed by atoms with Gasteiger partial charge in [0.15, 0.2) is 0 Å². The molecule has 0 saturated heterocycles. The molecule has 1 amide bonds. The molecule has 0 unspecified atom stereocenters. The Morgan fingerprint density at radius 1 is 1.23 bits per heavy atom. The number of hydrogen-bond acceptors (Lipinski definition) is 3. The van der Waals surface area contributed by atoms with Crippen LogP contribution < -0.4 is 5.32 Å². The van der Waals surface area contributed by atoms with Crippen molar-refractivity contribution in [3.63, 3.8) is 0 Å². The van der Waals surface area contributed by atoms with Crippen molar-refractivity contribution in [3.05, 3.63) is 59.7 Å². The number of anilines is 1. The highest BCUT2D eigenvalue weighted by Crippen LogP contribution is 2.34. The molecule has 26 heavy (non-hydrogen) atoms. The van der Waals surface area contributed by atoms with Crippen molar-refractivity contribution in [2.24, 2.45) is 0 Å². The largest absolute Gasteiger partial charge is 0.324 e. The van der Waals surface area contributed by atoms with Crippen LogP contribution in [0.25, 0.3) is 0 Å². The molecular weight excluding hydrogens is 354 g/mol. The van der Waals surface area contributed by atoms with E-state index in [1.165, 1.54) is 11.1 Å². The van der Waals surface area contributed by atoms with E-state index in [9.17, 15) is 13.6 Å². The van der Waals surface area contributed by atoms with Crippen LogP contribution in [0.5, 0.6) is 0 Å². The standard InChI is InChI=1S/C20H22F2N2OS/c1-24(17-11-6-8-14-7-2-3-9-15(14)17)13-19(25)23-16-10-4-5-12-18(16)26-20(21)22/h2-5,7,9-10,12,17,20H,6,8,11,13H2,1H3,(H,23,25)/t17-/m1/s1. The van der Waals surface area contributed by atoms with E-state index in [1.54, 1.807) is 24.3 Å². The maximum Gasteiger partial charge on any atom is 0.288 e. The fourth-order valence-electron chi connectivity index (χ4n) is 3.48. The molecule has 3 rings (SSSR count). The summed E-state index contributed by atoms with van der Waals surface area (Å²) in [7, 11) is 1.94. The van der Waals surface area contributed by atoms with Gasteiger partial charge in [-0.25, -0.2) is 0 Å². The molecular formula is C20H22F2N2OS. The quantitative estimate of drug-likeness (QED) is 0.724. The average molecular weight is 376 g/mol. The van der Waals surface area contributed by atoms with Gasteiger partial charge in [-0.3, -0.25) is 9.69 Å². The summed E-state index contributed by atoms with van der Waals surface area (Å²) in [6.07, 6.45) is 3.19. The number of hydrogen-bond donors (Lipinski definition) is 1. The fraction of sp³-hybridized carbons (Fsp3) is 0.350. The summed E-state index contributed by atoms with van der Waals surface area (Å²) in [6, 6.07) is 15.2. The van der Waals surface area contributed by atoms with E-state index >= 15 is 0 Å². The van der Waals surface area contributed by atoms with Crippen molar-refractivity contribution in [2.45, 2.75) is 36.0 Å². The summed E-state index contributed by atoms with van der Waals surface area (Å²) in [5, 5.41) is 2.78. The second kappa shape index (κ2) is 8.64. The minimum Gasteiger partial charge on any atom is -0.324 e. The number of amides is 1. The number of alkyl halides is 2. The number of nitrogens with one attached hydrogen (secondary N) is 1. The highest BCUT2D eigenvalue weighted by Gasteiger charge is 2.24. The maximum absolute atomic E-state index is 12.7. The van der Waals surface area contributed by atoms with E-state index in [0.717, 1.165) is 19.3 Å². The molecule has 6 heteroatoms. The smallest absolute Gasteiger partial charge is 0.288 e. The van der Waals surface area contributed by atoms with Gasteiger partial charge in [-0.05, 0) is 49.6 Å². The van der Waals surface area contributed by atoms with Gasteiger partial charge >= 0.3 is 0 Å². The number of nitrogens with zero attached hydrogens (tertiary/aromatic N) is 1. The van der Waals surface area contributed by atoms with Crippen molar-refractivity contribution < 1.29 is 13.6 Å².